The van der Waals surface area contributed by atoms with Crippen molar-refractivity contribution in [3.8, 4) is 5.75 Å². The lowest BCUT2D eigenvalue weighted by Crippen LogP contribution is -2.45. The van der Waals surface area contributed by atoms with Crippen molar-refractivity contribution in [3.05, 3.63) is 33.4 Å². The van der Waals surface area contributed by atoms with Gasteiger partial charge in [0, 0.05) is 18.5 Å². The number of aryl methyl sites for hydroxylation is 1. The van der Waals surface area contributed by atoms with Gasteiger partial charge in [0.05, 0.1) is 17.6 Å². The number of hydrogen-bond acceptors (Lipinski definition) is 6. The monoisotopic (exact) mass is 390 g/mol. The Hall–Kier alpha value is -2.64. The maximum Gasteiger partial charge on any atom is 0.410 e. The van der Waals surface area contributed by atoms with Crippen LogP contribution in [-0.2, 0) is 9.53 Å². The summed E-state index contributed by atoms with van der Waals surface area (Å²) in [7, 11) is 0. The Morgan fingerprint density at radius 3 is 2.46 bits per heavy atom. The van der Waals surface area contributed by atoms with E-state index in [0.29, 0.717) is 18.5 Å². The summed E-state index contributed by atoms with van der Waals surface area (Å²) in [4.78, 5) is 37.3. The Kier molecular flexibility index (Phi) is 5.32. The van der Waals surface area contributed by atoms with Crippen molar-refractivity contribution in [1.29, 1.82) is 0 Å². The number of carbonyl (C=O) groups is 2. The SMILES string of the molecule is Cc1cc([N+](=O)[O-])c(OC2CC2)cc1C1CCN(C(=O)OC(C)(C)C)CC1=O. The van der Waals surface area contributed by atoms with Gasteiger partial charge >= 0.3 is 11.8 Å². The fraction of sp³-hybridized carbons (Fsp3) is 0.600. The lowest BCUT2D eigenvalue weighted by Gasteiger charge is -2.33. The number of benzene rings is 1. The highest BCUT2D eigenvalue weighted by molar-refractivity contribution is 5.91. The molecule has 0 radical (unpaired) electrons. The molecule has 1 aliphatic carbocycles. The van der Waals surface area contributed by atoms with Gasteiger partial charge in [-0.15, -0.1) is 0 Å². The van der Waals surface area contributed by atoms with Crippen LogP contribution >= 0.6 is 0 Å². The number of likely N-dealkylation sites (tertiary alicyclic amines) is 1. The normalized spacial score (nSPS) is 20.1. The minimum atomic E-state index is -0.624. The Balaban J connectivity index is 1.79. The average molecular weight is 390 g/mol. The summed E-state index contributed by atoms with van der Waals surface area (Å²) in [5, 5.41) is 11.4. The molecule has 1 amide bonds. The van der Waals surface area contributed by atoms with E-state index in [4.69, 9.17) is 9.47 Å². The van der Waals surface area contributed by atoms with E-state index in [1.54, 1.807) is 33.8 Å². The van der Waals surface area contributed by atoms with Crippen LogP contribution < -0.4 is 4.74 Å². The van der Waals surface area contributed by atoms with Crippen LogP contribution in [-0.4, -0.2) is 46.5 Å². The molecular weight excluding hydrogens is 364 g/mol. The summed E-state index contributed by atoms with van der Waals surface area (Å²) in [5.41, 5.74) is 0.710. The molecule has 0 bridgehead atoms. The van der Waals surface area contributed by atoms with Crippen LogP contribution in [0.3, 0.4) is 0 Å². The molecule has 1 saturated carbocycles. The van der Waals surface area contributed by atoms with Gasteiger partial charge in [0.1, 0.15) is 5.60 Å². The summed E-state index contributed by atoms with van der Waals surface area (Å²) >= 11 is 0. The van der Waals surface area contributed by atoms with E-state index in [2.05, 4.69) is 0 Å². The number of amides is 1. The number of nitrogens with zero attached hydrogens (tertiary/aromatic N) is 2. The molecule has 0 N–H and O–H groups in total. The highest BCUT2D eigenvalue weighted by atomic mass is 16.6. The third kappa shape index (κ3) is 4.61. The maximum absolute atomic E-state index is 12.8. The standard InChI is InChI=1S/C20H26N2O6/c1-12-9-16(22(25)26)18(27-13-5-6-13)10-15(12)14-7-8-21(11-17(14)23)19(24)28-20(2,3)4/h9-10,13-14H,5-8,11H2,1-4H3. The van der Waals surface area contributed by atoms with Gasteiger partial charge in [-0.25, -0.2) is 4.79 Å². The van der Waals surface area contributed by atoms with Gasteiger partial charge in [0.2, 0.25) is 0 Å². The van der Waals surface area contributed by atoms with Gasteiger partial charge in [0.25, 0.3) is 0 Å². The van der Waals surface area contributed by atoms with E-state index < -0.39 is 22.5 Å². The molecule has 3 rings (SSSR count). The smallest absolute Gasteiger partial charge is 0.410 e. The van der Waals surface area contributed by atoms with Crippen molar-refractivity contribution < 1.29 is 24.0 Å². The third-order valence-corrected chi connectivity index (χ3v) is 4.81. The Labute approximate surface area is 163 Å². The van der Waals surface area contributed by atoms with Crippen molar-refractivity contribution in [3.63, 3.8) is 0 Å². The molecule has 1 heterocycles. The molecule has 1 saturated heterocycles. The highest BCUT2D eigenvalue weighted by Crippen LogP contribution is 2.39. The number of ether oxygens (including phenoxy) is 2. The van der Waals surface area contributed by atoms with E-state index in [1.807, 2.05) is 0 Å². The van der Waals surface area contributed by atoms with Gasteiger partial charge in [-0.3, -0.25) is 14.9 Å². The number of nitro benzene ring substituents is 1. The second-order valence-electron chi connectivity index (χ2n) is 8.46. The lowest BCUT2D eigenvalue weighted by atomic mass is 9.85. The third-order valence-electron chi connectivity index (χ3n) is 4.81. The zero-order valence-corrected chi connectivity index (χ0v) is 16.7. The average Bonchev–Trinajstić information content (AvgIpc) is 3.38. The van der Waals surface area contributed by atoms with Crippen molar-refractivity contribution in [2.75, 3.05) is 13.1 Å². The zero-order chi connectivity index (χ0) is 20.6. The summed E-state index contributed by atoms with van der Waals surface area (Å²) in [6.45, 7) is 7.45. The predicted octanol–water partition coefficient (Wildman–Crippen LogP) is 3.74. The molecule has 0 aromatic heterocycles. The molecule has 1 unspecified atom stereocenters. The Bertz CT molecular complexity index is 810. The Morgan fingerprint density at radius 2 is 1.93 bits per heavy atom. The van der Waals surface area contributed by atoms with Crippen LogP contribution in [0.25, 0.3) is 0 Å². The van der Waals surface area contributed by atoms with Crippen LogP contribution in [0.4, 0.5) is 10.5 Å². The first-order valence-electron chi connectivity index (χ1n) is 9.51. The summed E-state index contributed by atoms with van der Waals surface area (Å²) < 4.78 is 11.1. The van der Waals surface area contributed by atoms with Gasteiger partial charge in [0.15, 0.2) is 11.5 Å². The van der Waals surface area contributed by atoms with Crippen LogP contribution in [0, 0.1) is 17.0 Å². The van der Waals surface area contributed by atoms with Crippen molar-refractivity contribution >= 4 is 17.6 Å². The second kappa shape index (κ2) is 7.41. The molecule has 28 heavy (non-hydrogen) atoms. The Morgan fingerprint density at radius 1 is 1.25 bits per heavy atom. The van der Waals surface area contributed by atoms with Gasteiger partial charge in [-0.1, -0.05) is 0 Å². The second-order valence-corrected chi connectivity index (χ2v) is 8.46. The number of nitro groups is 1. The molecule has 1 aromatic carbocycles. The molecule has 2 fully saturated rings. The fourth-order valence-electron chi connectivity index (χ4n) is 3.30. The van der Waals surface area contributed by atoms with Crippen LogP contribution in [0.2, 0.25) is 0 Å². The summed E-state index contributed by atoms with van der Waals surface area (Å²) in [6, 6.07) is 3.11. The molecule has 8 nitrogen and oxygen atoms in total. The van der Waals surface area contributed by atoms with E-state index in [0.717, 1.165) is 18.4 Å². The number of carbonyl (C=O) groups excluding carboxylic acids is 2. The molecule has 2 aliphatic rings. The zero-order valence-electron chi connectivity index (χ0n) is 16.7. The highest BCUT2D eigenvalue weighted by Gasteiger charge is 2.35. The van der Waals surface area contributed by atoms with E-state index in [9.17, 15) is 19.7 Å². The molecule has 0 spiro atoms. The molecular formula is C20H26N2O6. The topological polar surface area (TPSA) is 99.0 Å². The number of hydrogen-bond donors (Lipinski definition) is 0. The minimum Gasteiger partial charge on any atom is -0.483 e. The van der Waals surface area contributed by atoms with Crippen LogP contribution in [0.1, 0.15) is 57.1 Å². The summed E-state index contributed by atoms with van der Waals surface area (Å²) in [6.07, 6.45) is 1.72. The van der Waals surface area contributed by atoms with E-state index >= 15 is 0 Å². The van der Waals surface area contributed by atoms with Gasteiger partial charge in [-0.05, 0) is 64.2 Å². The summed E-state index contributed by atoms with van der Waals surface area (Å²) in [5.74, 6) is -0.303. The predicted molar refractivity (Wildman–Crippen MR) is 102 cm³/mol. The molecule has 1 aromatic rings. The minimum absolute atomic E-state index is 0.0129. The molecule has 8 heteroatoms. The van der Waals surface area contributed by atoms with E-state index in [1.165, 1.54) is 11.0 Å². The largest absolute Gasteiger partial charge is 0.483 e. The van der Waals surface area contributed by atoms with Crippen LogP contribution in [0.5, 0.6) is 5.75 Å². The number of ketones is 1. The molecule has 152 valence electrons. The van der Waals surface area contributed by atoms with E-state index in [-0.39, 0.29) is 29.9 Å². The van der Waals surface area contributed by atoms with Gasteiger partial charge < -0.3 is 14.4 Å². The van der Waals surface area contributed by atoms with Gasteiger partial charge in [-0.2, -0.15) is 0 Å². The maximum atomic E-state index is 12.8. The van der Waals surface area contributed by atoms with Crippen molar-refractivity contribution in [1.82, 2.24) is 4.90 Å². The quantitative estimate of drug-likeness (QED) is 0.574. The number of rotatable bonds is 4. The van der Waals surface area contributed by atoms with Crippen LogP contribution in [0.15, 0.2) is 12.1 Å². The van der Waals surface area contributed by atoms with Crippen molar-refractivity contribution in [2.24, 2.45) is 0 Å². The number of Topliss-reactive ketones (excluding diaryl/α,β-unsaturated/α-hetero) is 1. The van der Waals surface area contributed by atoms with Crippen molar-refractivity contribution in [2.45, 2.75) is 64.6 Å². The fourth-order valence-corrected chi connectivity index (χ4v) is 3.30. The first-order chi connectivity index (χ1) is 13.0. The lowest BCUT2D eigenvalue weighted by molar-refractivity contribution is -0.386. The molecule has 1 atom stereocenters. The first kappa shape index (κ1) is 20.1. The number of piperidine rings is 1. The first-order valence-corrected chi connectivity index (χ1v) is 9.51. The molecule has 1 aliphatic heterocycles.